The average molecular weight is 475 g/mol. The predicted molar refractivity (Wildman–Crippen MR) is 137 cm³/mol. The lowest BCUT2D eigenvalue weighted by Gasteiger charge is -2.11. The summed E-state index contributed by atoms with van der Waals surface area (Å²) in [6.45, 7) is 0. The van der Waals surface area contributed by atoms with Crippen molar-refractivity contribution in [3.8, 4) is 28.1 Å². The normalized spacial score (nSPS) is 11.3. The van der Waals surface area contributed by atoms with Crippen molar-refractivity contribution in [2.45, 2.75) is 0 Å². The SMILES string of the molecule is Brc1ccc(-c2ccccc2-c2ccc3c(c2)c2ccccc2n3-c2ccccc2)nc1. The summed E-state index contributed by atoms with van der Waals surface area (Å²) in [5, 5.41) is 2.51. The summed E-state index contributed by atoms with van der Waals surface area (Å²) in [7, 11) is 0. The Hall–Kier alpha value is -3.69. The maximum atomic E-state index is 4.64. The van der Waals surface area contributed by atoms with Crippen LogP contribution in [-0.2, 0) is 0 Å². The molecule has 0 fully saturated rings. The van der Waals surface area contributed by atoms with Gasteiger partial charge in [-0.1, -0.05) is 66.7 Å². The van der Waals surface area contributed by atoms with Gasteiger partial charge in [0.25, 0.3) is 0 Å². The summed E-state index contributed by atoms with van der Waals surface area (Å²) in [6.07, 6.45) is 1.85. The summed E-state index contributed by atoms with van der Waals surface area (Å²) in [5.74, 6) is 0. The molecular weight excluding hydrogens is 456 g/mol. The first-order valence-electron chi connectivity index (χ1n) is 10.6. The van der Waals surface area contributed by atoms with Crippen LogP contribution in [0.1, 0.15) is 0 Å². The highest BCUT2D eigenvalue weighted by Crippen LogP contribution is 2.37. The Labute approximate surface area is 194 Å². The van der Waals surface area contributed by atoms with Gasteiger partial charge in [0.2, 0.25) is 0 Å². The van der Waals surface area contributed by atoms with Gasteiger partial charge in [-0.25, -0.2) is 0 Å². The molecule has 0 aliphatic heterocycles. The lowest BCUT2D eigenvalue weighted by Crippen LogP contribution is -1.93. The fraction of sp³-hybridized carbons (Fsp3) is 0. The maximum Gasteiger partial charge on any atom is 0.0709 e. The summed E-state index contributed by atoms with van der Waals surface area (Å²) < 4.78 is 3.32. The van der Waals surface area contributed by atoms with E-state index < -0.39 is 0 Å². The van der Waals surface area contributed by atoms with Gasteiger partial charge in [0, 0.05) is 32.7 Å². The number of aromatic nitrogens is 2. The van der Waals surface area contributed by atoms with Crippen LogP contribution in [0.3, 0.4) is 0 Å². The average Bonchev–Trinajstić information content (AvgIpc) is 3.19. The van der Waals surface area contributed by atoms with Gasteiger partial charge < -0.3 is 4.57 Å². The zero-order chi connectivity index (χ0) is 21.5. The predicted octanol–water partition coefficient (Wildman–Crippen LogP) is 8.28. The number of benzene rings is 4. The molecular formula is C29H19BrN2. The largest absolute Gasteiger partial charge is 0.309 e. The van der Waals surface area contributed by atoms with Crippen LogP contribution < -0.4 is 0 Å². The molecule has 6 aromatic rings. The van der Waals surface area contributed by atoms with Gasteiger partial charge in [0.15, 0.2) is 0 Å². The Balaban J connectivity index is 1.60. The Morgan fingerprint density at radius 1 is 0.594 bits per heavy atom. The lowest BCUT2D eigenvalue weighted by atomic mass is 9.96. The van der Waals surface area contributed by atoms with Gasteiger partial charge in [-0.3, -0.25) is 4.98 Å². The molecule has 0 N–H and O–H groups in total. The molecule has 0 saturated heterocycles. The highest BCUT2D eigenvalue weighted by atomic mass is 79.9. The van der Waals surface area contributed by atoms with Crippen LogP contribution in [0.4, 0.5) is 0 Å². The molecule has 2 heterocycles. The van der Waals surface area contributed by atoms with Crippen molar-refractivity contribution in [1.82, 2.24) is 9.55 Å². The Morgan fingerprint density at radius 2 is 1.31 bits per heavy atom. The third-order valence-electron chi connectivity index (χ3n) is 5.93. The van der Waals surface area contributed by atoms with Crippen molar-refractivity contribution in [2.24, 2.45) is 0 Å². The van der Waals surface area contributed by atoms with E-state index >= 15 is 0 Å². The zero-order valence-corrected chi connectivity index (χ0v) is 18.8. The first kappa shape index (κ1) is 19.0. The third-order valence-corrected chi connectivity index (χ3v) is 6.40. The number of para-hydroxylation sites is 2. The number of nitrogens with zero attached hydrogens (tertiary/aromatic N) is 2. The number of halogens is 1. The molecule has 2 nitrogen and oxygen atoms in total. The third kappa shape index (κ3) is 3.14. The van der Waals surface area contributed by atoms with Crippen molar-refractivity contribution in [2.75, 3.05) is 0 Å². The summed E-state index contributed by atoms with van der Waals surface area (Å²) in [4.78, 5) is 4.64. The molecule has 0 atom stereocenters. The molecule has 0 unspecified atom stereocenters. The molecule has 6 rings (SSSR count). The van der Waals surface area contributed by atoms with E-state index in [4.69, 9.17) is 0 Å². The molecule has 0 radical (unpaired) electrons. The summed E-state index contributed by atoms with van der Waals surface area (Å²) >= 11 is 3.49. The first-order chi connectivity index (χ1) is 15.8. The number of pyridine rings is 1. The minimum absolute atomic E-state index is 0.968. The summed E-state index contributed by atoms with van der Waals surface area (Å²) in [5.41, 5.74) is 8.07. The van der Waals surface area contributed by atoms with E-state index in [-0.39, 0.29) is 0 Å². The first-order valence-corrected chi connectivity index (χ1v) is 11.4. The van der Waals surface area contributed by atoms with Crippen molar-refractivity contribution in [3.05, 3.63) is 120 Å². The zero-order valence-electron chi connectivity index (χ0n) is 17.2. The highest BCUT2D eigenvalue weighted by molar-refractivity contribution is 9.10. The van der Waals surface area contributed by atoms with Crippen molar-refractivity contribution in [1.29, 1.82) is 0 Å². The van der Waals surface area contributed by atoms with Crippen LogP contribution >= 0.6 is 15.9 Å². The van der Waals surface area contributed by atoms with Crippen LogP contribution in [-0.4, -0.2) is 9.55 Å². The van der Waals surface area contributed by atoms with Crippen molar-refractivity contribution in [3.63, 3.8) is 0 Å². The van der Waals surface area contributed by atoms with E-state index in [1.807, 2.05) is 12.3 Å². The van der Waals surface area contributed by atoms with E-state index in [1.54, 1.807) is 0 Å². The second-order valence-electron chi connectivity index (χ2n) is 7.83. The fourth-order valence-corrected chi connectivity index (χ4v) is 4.72. The molecule has 0 spiro atoms. The quantitative estimate of drug-likeness (QED) is 0.252. The molecule has 0 amide bonds. The Bertz CT molecular complexity index is 1560. The van der Waals surface area contributed by atoms with Crippen LogP contribution in [0.25, 0.3) is 49.9 Å². The number of fused-ring (bicyclic) bond motifs is 3. The number of rotatable bonds is 3. The van der Waals surface area contributed by atoms with Gasteiger partial charge in [0.05, 0.1) is 16.7 Å². The van der Waals surface area contributed by atoms with Crippen molar-refractivity contribution < 1.29 is 0 Å². The molecule has 0 aliphatic rings. The standard InChI is InChI=1S/C29H19BrN2/c30-21-15-16-27(31-19-21)24-11-5-4-10-23(24)20-14-17-29-26(18-20)25-12-6-7-13-28(25)32(29)22-8-2-1-3-9-22/h1-19H. The van der Waals surface area contributed by atoms with Crippen LogP contribution in [0.5, 0.6) is 0 Å². The highest BCUT2D eigenvalue weighted by Gasteiger charge is 2.14. The molecule has 152 valence electrons. The van der Waals surface area contributed by atoms with Crippen LogP contribution in [0.2, 0.25) is 0 Å². The minimum atomic E-state index is 0.968. The van der Waals surface area contributed by atoms with E-state index in [1.165, 1.54) is 38.6 Å². The monoisotopic (exact) mass is 474 g/mol. The second kappa shape index (κ2) is 7.77. The maximum absolute atomic E-state index is 4.64. The van der Waals surface area contributed by atoms with Gasteiger partial charge >= 0.3 is 0 Å². The topological polar surface area (TPSA) is 17.8 Å². The van der Waals surface area contributed by atoms with Gasteiger partial charge in [-0.2, -0.15) is 0 Å². The fourth-order valence-electron chi connectivity index (χ4n) is 4.49. The lowest BCUT2D eigenvalue weighted by molar-refractivity contribution is 1.18. The summed E-state index contributed by atoms with van der Waals surface area (Å²) in [6, 6.07) is 38.5. The van der Waals surface area contributed by atoms with E-state index in [9.17, 15) is 0 Å². The van der Waals surface area contributed by atoms with E-state index in [0.29, 0.717) is 0 Å². The van der Waals surface area contributed by atoms with Crippen LogP contribution in [0.15, 0.2) is 120 Å². The number of hydrogen-bond acceptors (Lipinski definition) is 1. The minimum Gasteiger partial charge on any atom is -0.309 e. The molecule has 0 bridgehead atoms. The van der Waals surface area contributed by atoms with Crippen LogP contribution in [0, 0.1) is 0 Å². The van der Waals surface area contributed by atoms with Gasteiger partial charge in [0.1, 0.15) is 0 Å². The molecule has 0 aliphatic carbocycles. The van der Waals surface area contributed by atoms with Gasteiger partial charge in [-0.05, 0) is 69.5 Å². The smallest absolute Gasteiger partial charge is 0.0709 e. The Kier molecular flexibility index (Phi) is 4.62. The molecule has 2 aromatic heterocycles. The van der Waals surface area contributed by atoms with E-state index in [0.717, 1.165) is 15.7 Å². The second-order valence-corrected chi connectivity index (χ2v) is 8.74. The molecule has 4 aromatic carbocycles. The van der Waals surface area contributed by atoms with Crippen molar-refractivity contribution >= 4 is 37.7 Å². The van der Waals surface area contributed by atoms with Gasteiger partial charge in [-0.15, -0.1) is 0 Å². The number of hydrogen-bond donors (Lipinski definition) is 0. The Morgan fingerprint density at radius 3 is 2.12 bits per heavy atom. The molecule has 3 heteroatoms. The molecule has 32 heavy (non-hydrogen) atoms. The van der Waals surface area contributed by atoms with E-state index in [2.05, 4.69) is 129 Å². The molecule has 0 saturated carbocycles.